The molecule has 14 heavy (non-hydrogen) atoms. The number of hydrogen-bond donors (Lipinski definition) is 1. The highest BCUT2D eigenvalue weighted by Gasteiger charge is 2.43. The molecule has 2 heterocycles. The first-order chi connectivity index (χ1) is 6.49. The van der Waals surface area contributed by atoms with Crippen LogP contribution in [0, 0.1) is 0 Å². The van der Waals surface area contributed by atoms with E-state index in [4.69, 9.17) is 9.47 Å². The van der Waals surface area contributed by atoms with Crippen LogP contribution in [0.3, 0.4) is 0 Å². The highest BCUT2D eigenvalue weighted by Crippen LogP contribution is 2.30. The van der Waals surface area contributed by atoms with Crippen LogP contribution in [0.4, 0.5) is 0 Å². The molecule has 0 bridgehead atoms. The number of nitrogens with zero attached hydrogens (tertiary/aromatic N) is 1. The average molecular weight is 201 g/mol. The number of ether oxygens (including phenoxy) is 2. The highest BCUT2D eigenvalue weighted by atomic mass is 16.7. The van der Waals surface area contributed by atoms with Crippen LogP contribution >= 0.6 is 0 Å². The van der Waals surface area contributed by atoms with Gasteiger partial charge >= 0.3 is 0 Å². The molecule has 0 amide bonds. The molecular formula is C10H19NO3. The molecule has 82 valence electrons. The van der Waals surface area contributed by atoms with Gasteiger partial charge in [-0.05, 0) is 13.8 Å². The zero-order valence-electron chi connectivity index (χ0n) is 8.95. The van der Waals surface area contributed by atoms with Crippen LogP contribution in [0.5, 0.6) is 0 Å². The number of β-amino-alcohol motifs (C(OH)–C–C–N with tert-alkyl or cyclic N) is 1. The lowest BCUT2D eigenvalue weighted by Gasteiger charge is -2.26. The van der Waals surface area contributed by atoms with Gasteiger partial charge in [0.1, 0.15) is 0 Å². The molecule has 1 N–H and O–H groups in total. The van der Waals surface area contributed by atoms with Crippen LogP contribution in [-0.2, 0) is 9.47 Å². The summed E-state index contributed by atoms with van der Waals surface area (Å²) in [7, 11) is 0. The molecule has 4 heteroatoms. The first-order valence-corrected chi connectivity index (χ1v) is 5.22. The lowest BCUT2D eigenvalue weighted by Crippen LogP contribution is -2.40. The Morgan fingerprint density at radius 2 is 2.00 bits per heavy atom. The molecule has 0 radical (unpaired) electrons. The van der Waals surface area contributed by atoms with Gasteiger partial charge in [-0.2, -0.15) is 0 Å². The van der Waals surface area contributed by atoms with E-state index in [1.54, 1.807) is 0 Å². The van der Waals surface area contributed by atoms with Crippen molar-refractivity contribution in [2.75, 3.05) is 32.8 Å². The van der Waals surface area contributed by atoms with Gasteiger partial charge in [0.15, 0.2) is 5.79 Å². The fraction of sp³-hybridized carbons (Fsp3) is 1.00. The van der Waals surface area contributed by atoms with Crippen molar-refractivity contribution < 1.29 is 14.6 Å². The van der Waals surface area contributed by atoms with Crippen LogP contribution < -0.4 is 0 Å². The Morgan fingerprint density at radius 3 is 2.57 bits per heavy atom. The van der Waals surface area contributed by atoms with Crippen molar-refractivity contribution in [3.63, 3.8) is 0 Å². The fourth-order valence-electron chi connectivity index (χ4n) is 2.24. The molecule has 1 spiro atoms. The molecule has 2 aliphatic heterocycles. The second kappa shape index (κ2) is 3.45. The third-order valence-corrected chi connectivity index (χ3v) is 2.70. The quantitative estimate of drug-likeness (QED) is 0.693. The van der Waals surface area contributed by atoms with E-state index in [1.807, 2.05) is 13.8 Å². The smallest absolute Gasteiger partial charge is 0.182 e. The summed E-state index contributed by atoms with van der Waals surface area (Å²) >= 11 is 0. The zero-order chi connectivity index (χ0) is 10.2. The molecule has 2 fully saturated rings. The summed E-state index contributed by atoms with van der Waals surface area (Å²) in [5, 5.41) is 9.69. The topological polar surface area (TPSA) is 41.9 Å². The summed E-state index contributed by atoms with van der Waals surface area (Å²) in [5.41, 5.74) is -0.635. The van der Waals surface area contributed by atoms with Crippen LogP contribution in [0.25, 0.3) is 0 Å². The molecule has 0 aromatic rings. The monoisotopic (exact) mass is 201 g/mol. The van der Waals surface area contributed by atoms with Crippen molar-refractivity contribution in [3.05, 3.63) is 0 Å². The van der Waals surface area contributed by atoms with Gasteiger partial charge in [0.05, 0.1) is 25.4 Å². The zero-order valence-corrected chi connectivity index (χ0v) is 8.95. The predicted molar refractivity (Wildman–Crippen MR) is 52.0 cm³/mol. The summed E-state index contributed by atoms with van der Waals surface area (Å²) in [6, 6.07) is 0. The van der Waals surface area contributed by atoms with Gasteiger partial charge in [0.25, 0.3) is 0 Å². The Bertz CT molecular complexity index is 206. The molecule has 0 aromatic carbocycles. The number of hydrogen-bond acceptors (Lipinski definition) is 4. The summed E-state index contributed by atoms with van der Waals surface area (Å²) in [6.45, 7) is 7.48. The molecule has 0 unspecified atom stereocenters. The van der Waals surface area contributed by atoms with Gasteiger partial charge < -0.3 is 14.6 Å². The Kier molecular flexibility index (Phi) is 2.55. The largest absolute Gasteiger partial charge is 0.389 e. The summed E-state index contributed by atoms with van der Waals surface area (Å²) in [6.07, 6.45) is 0.920. The molecule has 0 aromatic heterocycles. The van der Waals surface area contributed by atoms with Gasteiger partial charge in [-0.1, -0.05) is 0 Å². The van der Waals surface area contributed by atoms with E-state index in [9.17, 15) is 5.11 Å². The Balaban J connectivity index is 1.88. The number of aliphatic hydroxyl groups is 1. The van der Waals surface area contributed by atoms with E-state index in [-0.39, 0.29) is 5.79 Å². The van der Waals surface area contributed by atoms with E-state index < -0.39 is 5.60 Å². The predicted octanol–water partition coefficient (Wildman–Crippen LogP) is 0.206. The van der Waals surface area contributed by atoms with Gasteiger partial charge in [0, 0.05) is 19.5 Å². The molecule has 2 aliphatic rings. The molecule has 2 rings (SSSR count). The minimum absolute atomic E-state index is 0.356. The highest BCUT2D eigenvalue weighted by molar-refractivity contribution is 4.88. The van der Waals surface area contributed by atoms with Crippen LogP contribution in [0.2, 0.25) is 0 Å². The van der Waals surface area contributed by atoms with Crippen molar-refractivity contribution in [2.24, 2.45) is 0 Å². The van der Waals surface area contributed by atoms with E-state index in [0.29, 0.717) is 19.8 Å². The number of rotatable bonds is 2. The minimum atomic E-state index is -0.635. The molecule has 4 nitrogen and oxygen atoms in total. The lowest BCUT2D eigenvalue weighted by molar-refractivity contribution is -0.146. The SMILES string of the molecule is CC(C)(O)CN1CCC2(C1)OCCO2. The van der Waals surface area contributed by atoms with Crippen molar-refractivity contribution in [1.82, 2.24) is 4.90 Å². The Morgan fingerprint density at radius 1 is 1.36 bits per heavy atom. The van der Waals surface area contributed by atoms with Gasteiger partial charge in [0.2, 0.25) is 0 Å². The van der Waals surface area contributed by atoms with E-state index in [2.05, 4.69) is 4.90 Å². The fourth-order valence-corrected chi connectivity index (χ4v) is 2.24. The molecule has 0 saturated carbocycles. The molecule has 2 saturated heterocycles. The Labute approximate surface area is 84.8 Å². The first-order valence-electron chi connectivity index (χ1n) is 5.22. The van der Waals surface area contributed by atoms with E-state index >= 15 is 0 Å². The maximum atomic E-state index is 9.69. The van der Waals surface area contributed by atoms with Crippen LogP contribution in [0.1, 0.15) is 20.3 Å². The van der Waals surface area contributed by atoms with Crippen molar-refractivity contribution in [3.8, 4) is 0 Å². The first kappa shape index (κ1) is 10.4. The minimum Gasteiger partial charge on any atom is -0.389 e. The normalized spacial score (nSPS) is 27.6. The molecule has 0 aliphatic carbocycles. The van der Waals surface area contributed by atoms with Gasteiger partial charge in [-0.3, -0.25) is 4.90 Å². The summed E-state index contributed by atoms with van der Waals surface area (Å²) in [4.78, 5) is 2.20. The van der Waals surface area contributed by atoms with Crippen molar-refractivity contribution in [1.29, 1.82) is 0 Å². The van der Waals surface area contributed by atoms with Gasteiger partial charge in [-0.15, -0.1) is 0 Å². The standard InChI is InChI=1S/C10H19NO3/c1-9(2,12)7-11-4-3-10(8-11)13-5-6-14-10/h12H,3-8H2,1-2H3. The second-order valence-corrected chi connectivity index (χ2v) is 4.88. The summed E-state index contributed by atoms with van der Waals surface area (Å²) < 4.78 is 11.2. The second-order valence-electron chi connectivity index (χ2n) is 4.88. The van der Waals surface area contributed by atoms with E-state index in [1.165, 1.54) is 0 Å². The Hall–Kier alpha value is -0.160. The third-order valence-electron chi connectivity index (χ3n) is 2.70. The van der Waals surface area contributed by atoms with Crippen LogP contribution in [0.15, 0.2) is 0 Å². The van der Waals surface area contributed by atoms with Crippen molar-refractivity contribution in [2.45, 2.75) is 31.7 Å². The lowest BCUT2D eigenvalue weighted by atomic mass is 10.1. The van der Waals surface area contributed by atoms with E-state index in [0.717, 1.165) is 19.5 Å². The number of likely N-dealkylation sites (tertiary alicyclic amines) is 1. The maximum absolute atomic E-state index is 9.69. The van der Waals surface area contributed by atoms with Gasteiger partial charge in [-0.25, -0.2) is 0 Å². The third kappa shape index (κ3) is 2.25. The molecular weight excluding hydrogens is 182 g/mol. The summed E-state index contributed by atoms with van der Waals surface area (Å²) in [5.74, 6) is -0.356. The molecule has 0 atom stereocenters. The van der Waals surface area contributed by atoms with Crippen molar-refractivity contribution >= 4 is 0 Å². The maximum Gasteiger partial charge on any atom is 0.182 e. The van der Waals surface area contributed by atoms with Crippen LogP contribution in [-0.4, -0.2) is 54.2 Å². The average Bonchev–Trinajstić information content (AvgIpc) is 2.60.